The fourth-order valence-corrected chi connectivity index (χ4v) is 4.85. The number of likely N-dealkylation sites (N-methyl/N-ethyl adjacent to an activating group) is 1. The van der Waals surface area contributed by atoms with E-state index >= 15 is 0 Å². The molecule has 0 spiro atoms. The SMILES string of the molecule is CC(=O)N(C)C1CCN(c2ccc(NC(=O)c3ccc(C4CCCCC4)cc3)cc2)C1. The molecule has 4 rings (SSSR count). The Hall–Kier alpha value is -2.82. The van der Waals surface area contributed by atoms with Gasteiger partial charge in [-0.3, -0.25) is 9.59 Å². The van der Waals surface area contributed by atoms with Crippen LogP contribution in [0.4, 0.5) is 11.4 Å². The molecule has 2 aromatic rings. The summed E-state index contributed by atoms with van der Waals surface area (Å²) < 4.78 is 0. The van der Waals surface area contributed by atoms with Crippen molar-refractivity contribution in [2.45, 2.75) is 57.4 Å². The van der Waals surface area contributed by atoms with E-state index in [0.717, 1.165) is 30.9 Å². The van der Waals surface area contributed by atoms with E-state index < -0.39 is 0 Å². The van der Waals surface area contributed by atoms with Gasteiger partial charge in [0, 0.05) is 44.0 Å². The van der Waals surface area contributed by atoms with E-state index in [4.69, 9.17) is 0 Å². The Bertz CT molecular complexity index is 901. The molecular weight excluding hydrogens is 386 g/mol. The molecule has 1 heterocycles. The minimum absolute atomic E-state index is 0.0766. The zero-order chi connectivity index (χ0) is 21.8. The fourth-order valence-electron chi connectivity index (χ4n) is 4.85. The number of hydrogen-bond donors (Lipinski definition) is 1. The summed E-state index contributed by atoms with van der Waals surface area (Å²) in [5, 5.41) is 3.01. The average molecular weight is 420 g/mol. The molecule has 2 fully saturated rings. The highest BCUT2D eigenvalue weighted by Gasteiger charge is 2.27. The molecule has 1 saturated heterocycles. The second kappa shape index (κ2) is 9.54. The molecular formula is C26H33N3O2. The lowest BCUT2D eigenvalue weighted by Gasteiger charge is -2.24. The normalized spacial score (nSPS) is 19.3. The molecule has 5 heteroatoms. The molecule has 2 amide bonds. The first-order valence-corrected chi connectivity index (χ1v) is 11.5. The van der Waals surface area contributed by atoms with Gasteiger partial charge in [0.1, 0.15) is 0 Å². The van der Waals surface area contributed by atoms with E-state index in [-0.39, 0.29) is 17.9 Å². The number of rotatable bonds is 5. The third kappa shape index (κ3) is 5.09. The van der Waals surface area contributed by atoms with Gasteiger partial charge in [-0.15, -0.1) is 0 Å². The topological polar surface area (TPSA) is 52.7 Å². The van der Waals surface area contributed by atoms with Crippen LogP contribution in [-0.2, 0) is 4.79 Å². The second-order valence-electron chi connectivity index (χ2n) is 8.98. The van der Waals surface area contributed by atoms with Crippen molar-refractivity contribution in [3.8, 4) is 0 Å². The predicted molar refractivity (Wildman–Crippen MR) is 126 cm³/mol. The monoisotopic (exact) mass is 419 g/mol. The van der Waals surface area contributed by atoms with Gasteiger partial charge in [-0.2, -0.15) is 0 Å². The Morgan fingerprint density at radius 3 is 2.26 bits per heavy atom. The lowest BCUT2D eigenvalue weighted by atomic mass is 9.84. The van der Waals surface area contributed by atoms with E-state index in [1.165, 1.54) is 37.7 Å². The van der Waals surface area contributed by atoms with Gasteiger partial charge in [-0.05, 0) is 67.1 Å². The Balaban J connectivity index is 1.33. The van der Waals surface area contributed by atoms with Crippen LogP contribution in [-0.4, -0.2) is 42.9 Å². The summed E-state index contributed by atoms with van der Waals surface area (Å²) in [5.74, 6) is 0.683. The summed E-state index contributed by atoms with van der Waals surface area (Å²) in [6.07, 6.45) is 7.49. The lowest BCUT2D eigenvalue weighted by Crippen LogP contribution is -2.37. The Morgan fingerprint density at radius 2 is 1.61 bits per heavy atom. The van der Waals surface area contributed by atoms with Crippen LogP contribution in [0, 0.1) is 0 Å². The van der Waals surface area contributed by atoms with Crippen molar-refractivity contribution in [3.05, 3.63) is 59.7 Å². The summed E-state index contributed by atoms with van der Waals surface area (Å²) >= 11 is 0. The summed E-state index contributed by atoms with van der Waals surface area (Å²) in [6, 6.07) is 16.4. The average Bonchev–Trinajstić information content (AvgIpc) is 3.30. The number of nitrogens with one attached hydrogen (secondary N) is 1. The van der Waals surface area contributed by atoms with Crippen LogP contribution in [0.3, 0.4) is 0 Å². The number of nitrogens with zero attached hydrogens (tertiary/aromatic N) is 2. The largest absolute Gasteiger partial charge is 0.369 e. The van der Waals surface area contributed by atoms with Crippen molar-refractivity contribution in [3.63, 3.8) is 0 Å². The van der Waals surface area contributed by atoms with Gasteiger partial charge in [-0.1, -0.05) is 31.4 Å². The molecule has 1 N–H and O–H groups in total. The van der Waals surface area contributed by atoms with Gasteiger partial charge >= 0.3 is 0 Å². The van der Waals surface area contributed by atoms with Crippen LogP contribution < -0.4 is 10.2 Å². The van der Waals surface area contributed by atoms with E-state index in [1.807, 2.05) is 48.3 Å². The number of anilines is 2. The third-order valence-electron chi connectivity index (χ3n) is 6.95. The van der Waals surface area contributed by atoms with Crippen LogP contribution in [0.15, 0.2) is 48.5 Å². The first-order chi connectivity index (χ1) is 15.0. The minimum atomic E-state index is -0.0766. The van der Waals surface area contributed by atoms with Crippen LogP contribution in [0.25, 0.3) is 0 Å². The van der Waals surface area contributed by atoms with Crippen molar-refractivity contribution < 1.29 is 9.59 Å². The van der Waals surface area contributed by atoms with Crippen LogP contribution >= 0.6 is 0 Å². The van der Waals surface area contributed by atoms with E-state index in [9.17, 15) is 9.59 Å². The Labute approximate surface area is 185 Å². The first-order valence-electron chi connectivity index (χ1n) is 11.5. The van der Waals surface area contributed by atoms with Gasteiger partial charge in [0.15, 0.2) is 0 Å². The third-order valence-corrected chi connectivity index (χ3v) is 6.95. The van der Waals surface area contributed by atoms with Crippen molar-refractivity contribution in [1.29, 1.82) is 0 Å². The van der Waals surface area contributed by atoms with E-state index in [0.29, 0.717) is 11.5 Å². The maximum atomic E-state index is 12.7. The molecule has 164 valence electrons. The number of benzene rings is 2. The highest BCUT2D eigenvalue weighted by Crippen LogP contribution is 2.32. The lowest BCUT2D eigenvalue weighted by molar-refractivity contribution is -0.129. The van der Waals surface area contributed by atoms with Crippen molar-refractivity contribution in [2.75, 3.05) is 30.4 Å². The van der Waals surface area contributed by atoms with Crippen LogP contribution in [0.2, 0.25) is 0 Å². The number of carbonyl (C=O) groups excluding carboxylic acids is 2. The molecule has 0 radical (unpaired) electrons. The summed E-state index contributed by atoms with van der Waals surface area (Å²) in [5.41, 5.74) is 3.97. The van der Waals surface area contributed by atoms with Crippen LogP contribution in [0.5, 0.6) is 0 Å². The number of hydrogen-bond acceptors (Lipinski definition) is 3. The standard InChI is InChI=1S/C26H33N3O2/c1-19(30)28(2)25-16-17-29(18-25)24-14-12-23(13-15-24)27-26(31)22-10-8-21(9-11-22)20-6-4-3-5-7-20/h8-15,20,25H,3-7,16-18H2,1-2H3,(H,27,31). The van der Waals surface area contributed by atoms with Gasteiger partial charge < -0.3 is 15.1 Å². The van der Waals surface area contributed by atoms with E-state index in [2.05, 4.69) is 22.3 Å². The smallest absolute Gasteiger partial charge is 0.255 e. The first kappa shape index (κ1) is 21.4. The fraction of sp³-hybridized carbons (Fsp3) is 0.462. The molecule has 0 bridgehead atoms. The highest BCUT2D eigenvalue weighted by atomic mass is 16.2. The quantitative estimate of drug-likeness (QED) is 0.738. The highest BCUT2D eigenvalue weighted by molar-refractivity contribution is 6.04. The number of carbonyl (C=O) groups is 2. The zero-order valence-electron chi connectivity index (χ0n) is 18.6. The molecule has 1 saturated carbocycles. The van der Waals surface area contributed by atoms with Gasteiger partial charge in [-0.25, -0.2) is 0 Å². The second-order valence-corrected chi connectivity index (χ2v) is 8.98. The molecule has 1 aliphatic carbocycles. The molecule has 1 unspecified atom stereocenters. The molecule has 5 nitrogen and oxygen atoms in total. The Kier molecular flexibility index (Phi) is 6.59. The molecule has 2 aliphatic rings. The summed E-state index contributed by atoms with van der Waals surface area (Å²) in [6.45, 7) is 3.39. The van der Waals surface area contributed by atoms with Crippen LogP contribution in [0.1, 0.15) is 67.3 Å². The molecule has 2 aromatic carbocycles. The molecule has 31 heavy (non-hydrogen) atoms. The molecule has 0 aromatic heterocycles. The molecule has 1 aliphatic heterocycles. The van der Waals surface area contributed by atoms with Crippen molar-refractivity contribution in [2.24, 2.45) is 0 Å². The van der Waals surface area contributed by atoms with E-state index in [1.54, 1.807) is 6.92 Å². The van der Waals surface area contributed by atoms with Crippen molar-refractivity contribution >= 4 is 23.2 Å². The summed E-state index contributed by atoms with van der Waals surface area (Å²) in [4.78, 5) is 28.4. The van der Waals surface area contributed by atoms with Gasteiger partial charge in [0.05, 0.1) is 6.04 Å². The predicted octanol–water partition coefficient (Wildman–Crippen LogP) is 5.04. The maximum Gasteiger partial charge on any atom is 0.255 e. The Morgan fingerprint density at radius 1 is 0.935 bits per heavy atom. The summed E-state index contributed by atoms with van der Waals surface area (Å²) in [7, 11) is 1.87. The van der Waals surface area contributed by atoms with Crippen molar-refractivity contribution in [1.82, 2.24) is 4.90 Å². The van der Waals surface area contributed by atoms with Gasteiger partial charge in [0.2, 0.25) is 5.91 Å². The zero-order valence-corrected chi connectivity index (χ0v) is 18.6. The number of amides is 2. The molecule has 1 atom stereocenters. The maximum absolute atomic E-state index is 12.7. The minimum Gasteiger partial charge on any atom is -0.369 e. The van der Waals surface area contributed by atoms with Gasteiger partial charge in [0.25, 0.3) is 5.91 Å².